The van der Waals surface area contributed by atoms with E-state index in [2.05, 4.69) is 29.1 Å². The molecule has 0 atom stereocenters. The number of thiophene rings is 1. The molecule has 0 fully saturated rings. The Morgan fingerprint density at radius 2 is 2.22 bits per heavy atom. The van der Waals surface area contributed by atoms with E-state index < -0.39 is 0 Å². The van der Waals surface area contributed by atoms with E-state index in [9.17, 15) is 4.79 Å². The number of hydrogen-bond donors (Lipinski definition) is 2. The molecule has 0 aliphatic carbocycles. The lowest BCUT2D eigenvalue weighted by molar-refractivity contribution is 0.0947. The lowest BCUT2D eigenvalue weighted by atomic mass is 10.2. The van der Waals surface area contributed by atoms with Crippen LogP contribution < -0.4 is 16.0 Å². The zero-order chi connectivity index (χ0) is 17.0. The minimum absolute atomic E-state index is 0.0493. The predicted molar refractivity (Wildman–Crippen MR) is 95.1 cm³/mol. The van der Waals surface area contributed by atoms with E-state index in [-0.39, 0.29) is 22.6 Å². The average Bonchev–Trinajstić information content (AvgIpc) is 2.99. The van der Waals surface area contributed by atoms with Crippen molar-refractivity contribution in [1.29, 1.82) is 0 Å². The third-order valence-electron chi connectivity index (χ3n) is 3.08. The van der Waals surface area contributed by atoms with Crippen molar-refractivity contribution in [3.8, 4) is 0 Å². The normalized spacial score (nSPS) is 10.8. The standard InChI is InChI=1S/C15H20ClN5OS/c1-9(2)8-21(3)14-12(16)19-11(13(17)20-14)15(22)18-7-10-5-4-6-23-10/h4-6,9H,7-8H2,1-3H3,(H2,17,20)(H,18,22). The van der Waals surface area contributed by atoms with Crippen LogP contribution in [0.5, 0.6) is 0 Å². The zero-order valence-electron chi connectivity index (χ0n) is 13.3. The van der Waals surface area contributed by atoms with Gasteiger partial charge in [0.15, 0.2) is 22.5 Å². The molecule has 3 N–H and O–H groups in total. The fraction of sp³-hybridized carbons (Fsp3) is 0.400. The monoisotopic (exact) mass is 353 g/mol. The molecule has 2 rings (SSSR count). The van der Waals surface area contributed by atoms with Crippen LogP contribution in [0.15, 0.2) is 17.5 Å². The Labute approximate surface area is 144 Å². The van der Waals surface area contributed by atoms with Crippen LogP contribution >= 0.6 is 22.9 Å². The van der Waals surface area contributed by atoms with Crippen molar-refractivity contribution in [2.24, 2.45) is 5.92 Å². The molecular formula is C15H20ClN5OS. The molecule has 1 amide bonds. The van der Waals surface area contributed by atoms with Crippen molar-refractivity contribution >= 4 is 40.5 Å². The number of carbonyl (C=O) groups excluding carboxylic acids is 1. The Kier molecular flexibility index (Phi) is 5.79. The minimum Gasteiger partial charge on any atom is -0.382 e. The number of anilines is 2. The second-order valence-corrected chi connectivity index (χ2v) is 7.00. The Hall–Kier alpha value is -1.86. The molecule has 0 aromatic carbocycles. The van der Waals surface area contributed by atoms with Crippen LogP contribution in [-0.4, -0.2) is 29.5 Å². The molecule has 0 aliphatic heterocycles. The van der Waals surface area contributed by atoms with Crippen molar-refractivity contribution in [2.45, 2.75) is 20.4 Å². The van der Waals surface area contributed by atoms with Crippen molar-refractivity contribution in [1.82, 2.24) is 15.3 Å². The summed E-state index contributed by atoms with van der Waals surface area (Å²) in [5.41, 5.74) is 5.94. The van der Waals surface area contributed by atoms with Gasteiger partial charge in [-0.15, -0.1) is 11.3 Å². The number of aromatic nitrogens is 2. The van der Waals surface area contributed by atoms with Gasteiger partial charge in [-0.25, -0.2) is 9.97 Å². The van der Waals surface area contributed by atoms with Gasteiger partial charge in [0, 0.05) is 18.5 Å². The third-order valence-corrected chi connectivity index (χ3v) is 4.21. The Morgan fingerprint density at radius 3 is 2.83 bits per heavy atom. The topological polar surface area (TPSA) is 84.1 Å². The number of nitrogens with one attached hydrogen (secondary N) is 1. The Morgan fingerprint density at radius 1 is 1.48 bits per heavy atom. The maximum absolute atomic E-state index is 12.2. The number of carbonyl (C=O) groups is 1. The lowest BCUT2D eigenvalue weighted by Crippen LogP contribution is -2.28. The van der Waals surface area contributed by atoms with E-state index in [1.165, 1.54) is 0 Å². The highest BCUT2D eigenvalue weighted by Gasteiger charge is 2.19. The molecule has 0 saturated carbocycles. The van der Waals surface area contributed by atoms with Gasteiger partial charge >= 0.3 is 0 Å². The summed E-state index contributed by atoms with van der Waals surface area (Å²) >= 11 is 7.74. The summed E-state index contributed by atoms with van der Waals surface area (Å²) in [7, 11) is 1.87. The molecule has 2 heterocycles. The van der Waals surface area contributed by atoms with E-state index in [1.54, 1.807) is 11.3 Å². The van der Waals surface area contributed by atoms with Gasteiger partial charge in [-0.2, -0.15) is 0 Å². The molecule has 0 radical (unpaired) electrons. The fourth-order valence-corrected chi connectivity index (χ4v) is 3.04. The van der Waals surface area contributed by atoms with Crippen molar-refractivity contribution < 1.29 is 4.79 Å². The van der Waals surface area contributed by atoms with Gasteiger partial charge in [-0.3, -0.25) is 4.79 Å². The summed E-state index contributed by atoms with van der Waals surface area (Å²) in [6.07, 6.45) is 0. The first kappa shape index (κ1) is 17.5. The van der Waals surface area contributed by atoms with Crippen LogP contribution in [0, 0.1) is 5.92 Å². The number of hydrogen-bond acceptors (Lipinski definition) is 6. The predicted octanol–water partition coefficient (Wildman–Crippen LogP) is 2.80. The number of nitrogens with zero attached hydrogens (tertiary/aromatic N) is 3. The summed E-state index contributed by atoms with van der Waals surface area (Å²) in [5, 5.41) is 4.89. The van der Waals surface area contributed by atoms with Gasteiger partial charge in [0.25, 0.3) is 5.91 Å². The third kappa shape index (κ3) is 4.56. The molecule has 6 nitrogen and oxygen atoms in total. The highest BCUT2D eigenvalue weighted by molar-refractivity contribution is 7.09. The molecular weight excluding hydrogens is 334 g/mol. The summed E-state index contributed by atoms with van der Waals surface area (Å²) < 4.78 is 0. The van der Waals surface area contributed by atoms with Crippen molar-refractivity contribution in [3.05, 3.63) is 33.2 Å². The number of halogens is 1. The number of nitrogen functional groups attached to an aromatic ring is 1. The van der Waals surface area contributed by atoms with Crippen molar-refractivity contribution in [2.75, 3.05) is 24.2 Å². The van der Waals surface area contributed by atoms with Gasteiger partial charge in [-0.1, -0.05) is 31.5 Å². The lowest BCUT2D eigenvalue weighted by Gasteiger charge is -2.21. The number of amides is 1. The second-order valence-electron chi connectivity index (χ2n) is 5.61. The van der Waals surface area contributed by atoms with Gasteiger partial charge in [0.05, 0.1) is 6.54 Å². The molecule has 0 spiro atoms. The molecule has 0 bridgehead atoms. The summed E-state index contributed by atoms with van der Waals surface area (Å²) in [4.78, 5) is 23.5. The smallest absolute Gasteiger partial charge is 0.274 e. The average molecular weight is 354 g/mol. The van der Waals surface area contributed by atoms with Crippen LogP contribution in [0.2, 0.25) is 5.15 Å². The Balaban J connectivity index is 2.13. The summed E-state index contributed by atoms with van der Waals surface area (Å²) in [6, 6.07) is 3.87. The first-order valence-corrected chi connectivity index (χ1v) is 8.49. The first-order chi connectivity index (χ1) is 10.9. The highest BCUT2D eigenvalue weighted by Crippen LogP contribution is 2.24. The van der Waals surface area contributed by atoms with Gasteiger partial charge < -0.3 is 16.0 Å². The first-order valence-electron chi connectivity index (χ1n) is 7.23. The summed E-state index contributed by atoms with van der Waals surface area (Å²) in [5.74, 6) is 0.604. The van der Waals surface area contributed by atoms with Crippen LogP contribution in [-0.2, 0) is 6.54 Å². The molecule has 0 aliphatic rings. The molecule has 0 unspecified atom stereocenters. The molecule has 0 saturated heterocycles. The molecule has 23 heavy (non-hydrogen) atoms. The molecule has 8 heteroatoms. The highest BCUT2D eigenvalue weighted by atomic mass is 35.5. The second kappa shape index (κ2) is 7.61. The number of nitrogens with two attached hydrogens (primary N) is 1. The maximum Gasteiger partial charge on any atom is 0.274 e. The quantitative estimate of drug-likeness (QED) is 0.834. The molecule has 124 valence electrons. The van der Waals surface area contributed by atoms with Crippen molar-refractivity contribution in [3.63, 3.8) is 0 Å². The van der Waals surface area contributed by atoms with E-state index in [0.29, 0.717) is 18.3 Å². The zero-order valence-corrected chi connectivity index (χ0v) is 14.9. The van der Waals surface area contributed by atoms with Gasteiger partial charge in [-0.05, 0) is 17.4 Å². The van der Waals surface area contributed by atoms with E-state index >= 15 is 0 Å². The molecule has 2 aromatic heterocycles. The summed E-state index contributed by atoms with van der Waals surface area (Å²) in [6.45, 7) is 5.36. The van der Waals surface area contributed by atoms with E-state index in [0.717, 1.165) is 11.4 Å². The van der Waals surface area contributed by atoms with Crippen LogP contribution in [0.4, 0.5) is 11.6 Å². The van der Waals surface area contributed by atoms with Gasteiger partial charge in [0.2, 0.25) is 0 Å². The van der Waals surface area contributed by atoms with E-state index in [1.807, 2.05) is 29.5 Å². The van der Waals surface area contributed by atoms with Crippen LogP contribution in [0.3, 0.4) is 0 Å². The fourth-order valence-electron chi connectivity index (χ4n) is 2.13. The number of rotatable bonds is 6. The Bertz CT molecular complexity index is 675. The maximum atomic E-state index is 12.2. The van der Waals surface area contributed by atoms with Gasteiger partial charge in [0.1, 0.15) is 0 Å². The SMILES string of the molecule is CC(C)CN(C)c1nc(N)c(C(=O)NCc2cccs2)nc1Cl. The largest absolute Gasteiger partial charge is 0.382 e. The van der Waals surface area contributed by atoms with Crippen LogP contribution in [0.25, 0.3) is 0 Å². The van der Waals surface area contributed by atoms with E-state index in [4.69, 9.17) is 17.3 Å². The minimum atomic E-state index is -0.386. The van der Waals surface area contributed by atoms with Crippen LogP contribution in [0.1, 0.15) is 29.2 Å². The molecule has 2 aromatic rings.